The van der Waals surface area contributed by atoms with Gasteiger partial charge in [-0.25, -0.2) is 0 Å². The smallest absolute Gasteiger partial charge is 0.0237 e. The zero-order valence-electron chi connectivity index (χ0n) is 9.90. The lowest BCUT2D eigenvalue weighted by Gasteiger charge is -2.08. The van der Waals surface area contributed by atoms with Crippen molar-refractivity contribution in [1.82, 2.24) is 0 Å². The van der Waals surface area contributed by atoms with Gasteiger partial charge in [0.25, 0.3) is 0 Å². The van der Waals surface area contributed by atoms with Gasteiger partial charge >= 0.3 is 0 Å². The summed E-state index contributed by atoms with van der Waals surface area (Å²) < 4.78 is 0. The fourth-order valence-corrected chi connectivity index (χ4v) is 0.637. The summed E-state index contributed by atoms with van der Waals surface area (Å²) in [4.78, 5) is 0. The Hall–Kier alpha value is -0.780. The van der Waals surface area contributed by atoms with Crippen molar-refractivity contribution in [1.29, 1.82) is 0 Å². The van der Waals surface area contributed by atoms with E-state index in [1.807, 2.05) is 6.92 Å². The van der Waals surface area contributed by atoms with Gasteiger partial charge < -0.3 is 0 Å². The largest absolute Gasteiger partial charge is 0.106 e. The van der Waals surface area contributed by atoms with Gasteiger partial charge in [0.2, 0.25) is 0 Å². The molecule has 0 aromatic rings. The lowest BCUT2D eigenvalue weighted by molar-refractivity contribution is 0.636. The lowest BCUT2D eigenvalue weighted by atomic mass is 9.98. The minimum Gasteiger partial charge on any atom is -0.106 e. The van der Waals surface area contributed by atoms with E-state index in [1.165, 1.54) is 12.0 Å². The molecule has 0 fully saturated rings. The third-order valence-electron chi connectivity index (χ3n) is 1.76. The molecule has 0 heterocycles. The van der Waals surface area contributed by atoms with E-state index in [2.05, 4.69) is 47.1 Å². The molecule has 0 rings (SSSR count). The molecule has 0 radical (unpaired) electrons. The predicted octanol–water partition coefficient (Wildman–Crippen LogP) is 4.99. The normalized spacial score (nSPS) is 9.54. The van der Waals surface area contributed by atoms with Gasteiger partial charge in [-0.2, -0.15) is 0 Å². The number of rotatable bonds is 3. The van der Waals surface area contributed by atoms with Crippen LogP contribution in [-0.2, 0) is 0 Å². The van der Waals surface area contributed by atoms with Crippen LogP contribution in [0.3, 0.4) is 0 Å². The molecule has 0 nitrogen and oxygen atoms in total. The Labute approximate surface area is 85.1 Å². The van der Waals surface area contributed by atoms with Gasteiger partial charge in [-0.05, 0) is 25.7 Å². The average Bonchev–Trinajstić information content (AvgIpc) is 2.19. The first-order chi connectivity index (χ1) is 6.13. The Kier molecular flexibility index (Phi) is 24.1. The van der Waals surface area contributed by atoms with Gasteiger partial charge in [0.15, 0.2) is 0 Å². The van der Waals surface area contributed by atoms with Crippen molar-refractivity contribution >= 4 is 0 Å². The monoisotopic (exact) mass is 182 g/mol. The van der Waals surface area contributed by atoms with E-state index in [0.717, 1.165) is 12.3 Å². The SMILES string of the molecule is C=C.C=C(CC)C(C)CC.C=CC. The van der Waals surface area contributed by atoms with Crippen molar-refractivity contribution in [3.63, 3.8) is 0 Å². The van der Waals surface area contributed by atoms with Crippen LogP contribution >= 0.6 is 0 Å². The molecular formula is C13H26. The molecule has 0 bridgehead atoms. The van der Waals surface area contributed by atoms with Gasteiger partial charge in [-0.15, -0.1) is 19.7 Å². The third-order valence-corrected chi connectivity index (χ3v) is 1.76. The van der Waals surface area contributed by atoms with Crippen molar-refractivity contribution in [2.45, 2.75) is 40.5 Å². The summed E-state index contributed by atoms with van der Waals surface area (Å²) in [5, 5.41) is 0. The number of hydrogen-bond acceptors (Lipinski definition) is 0. The first-order valence-corrected chi connectivity index (χ1v) is 4.88. The molecule has 0 aromatic heterocycles. The first-order valence-electron chi connectivity index (χ1n) is 4.88. The molecule has 0 amide bonds. The standard InChI is InChI=1S/C8H16.C3H6.C2H4/c1-5-7(3)8(4)6-2;1-3-2;1-2/h8H,3,5-6H2,1-2,4H3;3H,1H2,2H3;1-2H2. The Morgan fingerprint density at radius 2 is 1.62 bits per heavy atom. The molecule has 1 unspecified atom stereocenters. The maximum atomic E-state index is 3.94. The minimum atomic E-state index is 0.722. The molecule has 0 aliphatic rings. The maximum Gasteiger partial charge on any atom is -0.0237 e. The van der Waals surface area contributed by atoms with Gasteiger partial charge in [0, 0.05) is 0 Å². The van der Waals surface area contributed by atoms with Crippen LogP contribution in [0.15, 0.2) is 38.0 Å². The van der Waals surface area contributed by atoms with Crippen molar-refractivity contribution in [3.8, 4) is 0 Å². The second-order valence-electron chi connectivity index (χ2n) is 2.73. The molecule has 0 spiro atoms. The van der Waals surface area contributed by atoms with Crippen LogP contribution in [-0.4, -0.2) is 0 Å². The van der Waals surface area contributed by atoms with E-state index in [4.69, 9.17) is 0 Å². The van der Waals surface area contributed by atoms with Crippen molar-refractivity contribution < 1.29 is 0 Å². The van der Waals surface area contributed by atoms with Crippen LogP contribution in [0.25, 0.3) is 0 Å². The van der Waals surface area contributed by atoms with E-state index in [9.17, 15) is 0 Å². The predicted molar refractivity (Wildman–Crippen MR) is 66.0 cm³/mol. The number of hydrogen-bond donors (Lipinski definition) is 0. The summed E-state index contributed by atoms with van der Waals surface area (Å²) in [5.41, 5.74) is 1.38. The summed E-state index contributed by atoms with van der Waals surface area (Å²) in [7, 11) is 0. The summed E-state index contributed by atoms with van der Waals surface area (Å²) in [6.45, 7) is 21.8. The van der Waals surface area contributed by atoms with Crippen LogP contribution in [0, 0.1) is 5.92 Å². The maximum absolute atomic E-state index is 3.94. The Morgan fingerprint density at radius 1 is 1.31 bits per heavy atom. The van der Waals surface area contributed by atoms with Crippen LogP contribution in [0.4, 0.5) is 0 Å². The summed E-state index contributed by atoms with van der Waals surface area (Å²) in [6.07, 6.45) is 4.11. The quantitative estimate of drug-likeness (QED) is 0.539. The molecule has 13 heavy (non-hydrogen) atoms. The summed E-state index contributed by atoms with van der Waals surface area (Å²) in [5.74, 6) is 0.722. The molecular weight excluding hydrogens is 156 g/mol. The van der Waals surface area contributed by atoms with E-state index in [-0.39, 0.29) is 0 Å². The number of allylic oxidation sites excluding steroid dienone is 2. The van der Waals surface area contributed by atoms with E-state index < -0.39 is 0 Å². The molecule has 1 atom stereocenters. The van der Waals surface area contributed by atoms with Crippen molar-refractivity contribution in [2.24, 2.45) is 5.92 Å². The molecule has 0 heteroatoms. The third kappa shape index (κ3) is 18.3. The van der Waals surface area contributed by atoms with Crippen LogP contribution in [0.1, 0.15) is 40.5 Å². The van der Waals surface area contributed by atoms with E-state index in [0.29, 0.717) is 0 Å². The molecule has 0 N–H and O–H groups in total. The molecule has 0 saturated carbocycles. The van der Waals surface area contributed by atoms with E-state index >= 15 is 0 Å². The highest BCUT2D eigenvalue weighted by molar-refractivity contribution is 4.96. The molecule has 0 saturated heterocycles. The fraction of sp³-hybridized carbons (Fsp3) is 0.538. The van der Waals surface area contributed by atoms with E-state index in [1.54, 1.807) is 6.08 Å². The average molecular weight is 182 g/mol. The van der Waals surface area contributed by atoms with Gasteiger partial charge in [0.1, 0.15) is 0 Å². The van der Waals surface area contributed by atoms with Gasteiger partial charge in [-0.1, -0.05) is 39.0 Å². The zero-order chi connectivity index (χ0) is 11.3. The highest BCUT2D eigenvalue weighted by atomic mass is 14.0. The molecule has 0 aromatic carbocycles. The van der Waals surface area contributed by atoms with Crippen LogP contribution in [0.5, 0.6) is 0 Å². The molecule has 0 aliphatic carbocycles. The van der Waals surface area contributed by atoms with Gasteiger partial charge in [0.05, 0.1) is 0 Å². The topological polar surface area (TPSA) is 0 Å². The van der Waals surface area contributed by atoms with Gasteiger partial charge in [-0.3, -0.25) is 0 Å². The Morgan fingerprint density at radius 3 is 1.69 bits per heavy atom. The fourth-order valence-electron chi connectivity index (χ4n) is 0.637. The van der Waals surface area contributed by atoms with Crippen molar-refractivity contribution in [2.75, 3.05) is 0 Å². The van der Waals surface area contributed by atoms with Crippen LogP contribution in [0.2, 0.25) is 0 Å². The second kappa shape index (κ2) is 17.3. The minimum absolute atomic E-state index is 0.722. The Balaban J connectivity index is -0.000000169. The highest BCUT2D eigenvalue weighted by Crippen LogP contribution is 2.13. The first kappa shape index (κ1) is 18.1. The van der Waals surface area contributed by atoms with Crippen LogP contribution < -0.4 is 0 Å². The lowest BCUT2D eigenvalue weighted by Crippen LogP contribution is -1.93. The molecule has 0 aliphatic heterocycles. The Bertz CT molecular complexity index is 111. The second-order valence-corrected chi connectivity index (χ2v) is 2.73. The van der Waals surface area contributed by atoms with Crippen molar-refractivity contribution in [3.05, 3.63) is 38.0 Å². The molecule has 78 valence electrons. The zero-order valence-corrected chi connectivity index (χ0v) is 9.90. The highest BCUT2D eigenvalue weighted by Gasteiger charge is 1.98. The summed E-state index contributed by atoms with van der Waals surface area (Å²) >= 11 is 0. The summed E-state index contributed by atoms with van der Waals surface area (Å²) in [6, 6.07) is 0.